The second-order valence-corrected chi connectivity index (χ2v) is 7.15. The van der Waals surface area contributed by atoms with Gasteiger partial charge in [-0.3, -0.25) is 9.78 Å². The van der Waals surface area contributed by atoms with Gasteiger partial charge >= 0.3 is 6.18 Å². The summed E-state index contributed by atoms with van der Waals surface area (Å²) in [4.78, 5) is 16.2. The van der Waals surface area contributed by atoms with Gasteiger partial charge in [-0.05, 0) is 54.0 Å². The number of aliphatic hydroxyl groups is 1. The molecule has 3 aromatic rings. The van der Waals surface area contributed by atoms with E-state index in [0.717, 1.165) is 17.7 Å². The molecule has 0 atom stereocenters. The smallest absolute Gasteiger partial charge is 0.416 e. The average Bonchev–Trinajstić information content (AvgIpc) is 2.83. The molecule has 176 valence electrons. The van der Waals surface area contributed by atoms with E-state index in [1.165, 1.54) is 36.7 Å². The van der Waals surface area contributed by atoms with Crippen LogP contribution in [0, 0.1) is 0 Å². The molecule has 2 aromatic carbocycles. The molecule has 5 nitrogen and oxygen atoms in total. The summed E-state index contributed by atoms with van der Waals surface area (Å²) in [6.45, 7) is 2.10. The van der Waals surface area contributed by atoms with Gasteiger partial charge in [0.15, 0.2) is 0 Å². The van der Waals surface area contributed by atoms with Crippen LogP contribution in [0.5, 0.6) is 5.75 Å². The first-order valence-electron chi connectivity index (χ1n) is 10.5. The first kappa shape index (κ1) is 24.7. The zero-order valence-corrected chi connectivity index (χ0v) is 18.3. The van der Waals surface area contributed by atoms with Gasteiger partial charge in [0.2, 0.25) is 5.91 Å². The Morgan fingerprint density at radius 2 is 1.71 bits per heavy atom. The molecule has 0 bridgehead atoms. The van der Waals surface area contributed by atoms with Crippen LogP contribution in [0.25, 0.3) is 5.57 Å². The summed E-state index contributed by atoms with van der Waals surface area (Å²) in [5, 5.41) is 12.0. The van der Waals surface area contributed by atoms with Crippen molar-refractivity contribution < 1.29 is 27.8 Å². The molecule has 0 aliphatic carbocycles. The molecule has 0 saturated heterocycles. The fourth-order valence-corrected chi connectivity index (χ4v) is 3.18. The topological polar surface area (TPSA) is 71.5 Å². The lowest BCUT2D eigenvalue weighted by Gasteiger charge is -2.12. The predicted octanol–water partition coefficient (Wildman–Crippen LogP) is 5.62. The summed E-state index contributed by atoms with van der Waals surface area (Å²) >= 11 is 0. The fraction of sp³-hybridized carbons (Fsp3) is 0.154. The Kier molecular flexibility index (Phi) is 8.21. The summed E-state index contributed by atoms with van der Waals surface area (Å²) in [5.74, 6) is 0.237. The zero-order valence-electron chi connectivity index (χ0n) is 18.3. The van der Waals surface area contributed by atoms with E-state index < -0.39 is 17.6 Å². The normalized spacial score (nSPS) is 12.1. The lowest BCUT2D eigenvalue weighted by Crippen LogP contribution is -2.10. The Bertz CT molecular complexity index is 1170. The third-order valence-corrected chi connectivity index (χ3v) is 4.84. The van der Waals surface area contributed by atoms with Crippen LogP contribution in [-0.2, 0) is 17.6 Å². The highest BCUT2D eigenvalue weighted by Crippen LogP contribution is 2.32. The Labute approximate surface area is 195 Å². The number of hydrogen-bond donors (Lipinski definition) is 2. The number of benzene rings is 2. The number of halogens is 3. The number of hydrogen-bond acceptors (Lipinski definition) is 4. The van der Waals surface area contributed by atoms with Gasteiger partial charge in [-0.1, -0.05) is 36.4 Å². The summed E-state index contributed by atoms with van der Waals surface area (Å²) in [6.07, 6.45) is 2.97. The van der Waals surface area contributed by atoms with Crippen LogP contribution in [-0.4, -0.2) is 22.6 Å². The summed E-state index contributed by atoms with van der Waals surface area (Å²) in [6, 6.07) is 13.5. The van der Waals surface area contributed by atoms with Gasteiger partial charge in [-0.2, -0.15) is 13.2 Å². The quantitative estimate of drug-likeness (QED) is 0.333. The monoisotopic (exact) mass is 468 g/mol. The molecule has 0 spiro atoms. The molecule has 0 saturated carbocycles. The predicted molar refractivity (Wildman–Crippen MR) is 124 cm³/mol. The number of nitrogens with one attached hydrogen (secondary N) is 1. The SMILES string of the molecule is CCOc1ccc(/C(=C\C=C\C(=O)Nc2ccncc2CO)c2ccc(C(F)(F)F)cc2)cc1. The molecule has 1 amide bonds. The minimum Gasteiger partial charge on any atom is -0.494 e. The lowest BCUT2D eigenvalue weighted by molar-refractivity contribution is -0.137. The molecular formula is C26H23F3N2O3. The summed E-state index contributed by atoms with van der Waals surface area (Å²) < 4.78 is 44.4. The number of carbonyl (C=O) groups excluding carboxylic acids is 1. The number of ether oxygens (including phenoxy) is 1. The van der Waals surface area contributed by atoms with Crippen molar-refractivity contribution in [2.24, 2.45) is 0 Å². The molecule has 0 unspecified atom stereocenters. The zero-order chi connectivity index (χ0) is 24.6. The molecular weight excluding hydrogens is 445 g/mol. The molecule has 8 heteroatoms. The number of carbonyl (C=O) groups is 1. The largest absolute Gasteiger partial charge is 0.494 e. The Hall–Kier alpha value is -3.91. The molecule has 2 N–H and O–H groups in total. The van der Waals surface area contributed by atoms with Crippen molar-refractivity contribution in [1.29, 1.82) is 0 Å². The number of pyridine rings is 1. The Morgan fingerprint density at radius 1 is 1.06 bits per heavy atom. The van der Waals surface area contributed by atoms with Crippen LogP contribution in [0.1, 0.15) is 29.2 Å². The number of alkyl halides is 3. The number of nitrogens with zero attached hydrogens (tertiary/aromatic N) is 1. The maximum atomic E-state index is 13.0. The molecule has 0 aliphatic rings. The van der Waals surface area contributed by atoms with Gasteiger partial charge in [-0.15, -0.1) is 0 Å². The van der Waals surface area contributed by atoms with Crippen LogP contribution in [0.2, 0.25) is 0 Å². The molecule has 0 fully saturated rings. The van der Waals surface area contributed by atoms with Gasteiger partial charge in [0.1, 0.15) is 5.75 Å². The van der Waals surface area contributed by atoms with Crippen molar-refractivity contribution in [3.8, 4) is 5.75 Å². The number of aromatic nitrogens is 1. The van der Waals surface area contributed by atoms with E-state index in [0.29, 0.717) is 34.7 Å². The van der Waals surface area contributed by atoms with E-state index in [4.69, 9.17) is 4.74 Å². The summed E-state index contributed by atoms with van der Waals surface area (Å²) in [5.41, 5.74) is 2.09. The summed E-state index contributed by atoms with van der Waals surface area (Å²) in [7, 11) is 0. The van der Waals surface area contributed by atoms with Crippen LogP contribution in [0.15, 0.2) is 85.2 Å². The Morgan fingerprint density at radius 3 is 2.29 bits per heavy atom. The van der Waals surface area contributed by atoms with Crippen molar-refractivity contribution in [3.63, 3.8) is 0 Å². The molecule has 1 heterocycles. The van der Waals surface area contributed by atoms with E-state index in [2.05, 4.69) is 10.3 Å². The first-order chi connectivity index (χ1) is 16.3. The van der Waals surface area contributed by atoms with E-state index in [1.54, 1.807) is 36.4 Å². The maximum Gasteiger partial charge on any atom is 0.416 e. The second kappa shape index (κ2) is 11.3. The van der Waals surface area contributed by atoms with Crippen molar-refractivity contribution in [3.05, 3.63) is 107 Å². The molecule has 1 aromatic heterocycles. The van der Waals surface area contributed by atoms with Crippen LogP contribution < -0.4 is 10.1 Å². The molecule has 0 aliphatic heterocycles. The van der Waals surface area contributed by atoms with Crippen molar-refractivity contribution in [1.82, 2.24) is 4.98 Å². The van der Waals surface area contributed by atoms with Crippen LogP contribution in [0.4, 0.5) is 18.9 Å². The van der Waals surface area contributed by atoms with Crippen molar-refractivity contribution in [2.45, 2.75) is 19.7 Å². The second-order valence-electron chi connectivity index (χ2n) is 7.15. The first-order valence-corrected chi connectivity index (χ1v) is 10.5. The third kappa shape index (κ3) is 6.55. The highest BCUT2D eigenvalue weighted by atomic mass is 19.4. The van der Waals surface area contributed by atoms with Gasteiger partial charge < -0.3 is 15.2 Å². The number of allylic oxidation sites excluding steroid dienone is 2. The highest BCUT2D eigenvalue weighted by Gasteiger charge is 2.30. The van der Waals surface area contributed by atoms with Gasteiger partial charge in [0.05, 0.1) is 18.8 Å². The number of anilines is 1. The van der Waals surface area contributed by atoms with Crippen molar-refractivity contribution >= 4 is 17.2 Å². The van der Waals surface area contributed by atoms with Crippen LogP contribution >= 0.6 is 0 Å². The third-order valence-electron chi connectivity index (χ3n) is 4.84. The number of rotatable bonds is 8. The fourth-order valence-electron chi connectivity index (χ4n) is 3.18. The van der Waals surface area contributed by atoms with Gasteiger partial charge in [0.25, 0.3) is 0 Å². The number of aliphatic hydroxyl groups excluding tert-OH is 1. The van der Waals surface area contributed by atoms with E-state index in [1.807, 2.05) is 6.92 Å². The highest BCUT2D eigenvalue weighted by molar-refractivity contribution is 6.00. The lowest BCUT2D eigenvalue weighted by atomic mass is 9.96. The number of amides is 1. The van der Waals surface area contributed by atoms with Crippen LogP contribution in [0.3, 0.4) is 0 Å². The van der Waals surface area contributed by atoms with E-state index in [-0.39, 0.29) is 6.61 Å². The van der Waals surface area contributed by atoms with E-state index >= 15 is 0 Å². The minimum atomic E-state index is -4.43. The van der Waals surface area contributed by atoms with Gasteiger partial charge in [0, 0.05) is 29.7 Å². The molecule has 0 radical (unpaired) electrons. The Balaban J connectivity index is 1.88. The molecule has 3 rings (SSSR count). The molecule has 34 heavy (non-hydrogen) atoms. The average molecular weight is 468 g/mol. The minimum absolute atomic E-state index is 0.275. The maximum absolute atomic E-state index is 13.0. The van der Waals surface area contributed by atoms with E-state index in [9.17, 15) is 23.1 Å². The van der Waals surface area contributed by atoms with Gasteiger partial charge in [-0.25, -0.2) is 0 Å². The standard InChI is InChI=1S/C26H23F3N2O3/c1-2-34-22-12-8-19(9-13-22)23(18-6-10-21(11-7-18)26(27,28)29)4-3-5-25(33)31-24-14-15-30-16-20(24)17-32/h3-16,32H,2,17H2,1H3,(H,30,31,33)/b5-3+,23-4-. The van der Waals surface area contributed by atoms with Crippen molar-refractivity contribution in [2.75, 3.05) is 11.9 Å².